The third-order valence-corrected chi connectivity index (χ3v) is 8.20. The summed E-state index contributed by atoms with van der Waals surface area (Å²) in [6, 6.07) is -0.754. The molecule has 2 aliphatic rings. The second-order valence-electron chi connectivity index (χ2n) is 6.06. The zero-order valence-corrected chi connectivity index (χ0v) is 17.9. The van der Waals surface area contributed by atoms with Crippen LogP contribution in [0.15, 0.2) is 26.5 Å². The van der Waals surface area contributed by atoms with Gasteiger partial charge in [-0.05, 0) is 5.57 Å². The molecule has 1 saturated heterocycles. The van der Waals surface area contributed by atoms with Gasteiger partial charge in [0.25, 0.3) is 5.91 Å². The van der Waals surface area contributed by atoms with Crippen molar-refractivity contribution in [2.24, 2.45) is 0 Å². The summed E-state index contributed by atoms with van der Waals surface area (Å²) in [5.41, 5.74) is 8.34. The van der Waals surface area contributed by atoms with Crippen LogP contribution in [0.4, 0.5) is 5.13 Å². The van der Waals surface area contributed by atoms with Gasteiger partial charge in [0, 0.05) is 16.9 Å². The third kappa shape index (κ3) is 4.10. The number of carbonyl (C=O) groups is 3. The molecule has 2 atom stereocenters. The number of nitrogens with one attached hydrogen (secondary N) is 1. The lowest BCUT2D eigenvalue weighted by atomic mass is 10.0. The number of nitrogens with zero attached hydrogens (tertiary/aromatic N) is 4. The van der Waals surface area contributed by atoms with Crippen molar-refractivity contribution in [3.05, 3.63) is 27.9 Å². The van der Waals surface area contributed by atoms with Crippen molar-refractivity contribution >= 4 is 69.1 Å². The first-order valence-corrected chi connectivity index (χ1v) is 12.0. The lowest BCUT2D eigenvalue weighted by Crippen LogP contribution is -2.70. The Morgan fingerprint density at radius 1 is 1.41 bits per heavy atom. The summed E-state index contributed by atoms with van der Waals surface area (Å²) >= 11 is 5.43. The average molecular weight is 471 g/mol. The number of thiazole rings is 1. The van der Waals surface area contributed by atoms with Crippen molar-refractivity contribution in [2.45, 2.75) is 22.2 Å². The molecule has 1 fully saturated rings. The quantitative estimate of drug-likeness (QED) is 0.388. The summed E-state index contributed by atoms with van der Waals surface area (Å²) in [7, 11) is 0. The fourth-order valence-electron chi connectivity index (χ4n) is 2.96. The number of amides is 2. The maximum Gasteiger partial charge on any atom is 0.352 e. The van der Waals surface area contributed by atoms with Crippen LogP contribution in [0.5, 0.6) is 0 Å². The molecule has 0 bridgehead atoms. The van der Waals surface area contributed by atoms with Crippen LogP contribution in [0, 0.1) is 0 Å². The van der Waals surface area contributed by atoms with Gasteiger partial charge in [-0.2, -0.15) is 0 Å². The zero-order valence-electron chi connectivity index (χ0n) is 14.6. The molecule has 0 saturated carbocycles. The second kappa shape index (κ2) is 8.30. The molecule has 29 heavy (non-hydrogen) atoms. The number of aromatic nitrogens is 3. The number of hydrogen-bond donors (Lipinski definition) is 3. The maximum atomic E-state index is 12.6. The van der Waals surface area contributed by atoms with Gasteiger partial charge < -0.3 is 16.2 Å². The number of hydrogen-bond acceptors (Lipinski definition) is 11. The molecule has 2 aromatic rings. The standard InChI is InChI=1S/C15H14N6O4S4/c16-14-18-7(4-27-14)1-8(22)19-9-11(23)21-10(13(24)25)6(2-26-12(9)21)3-28-15-20-17-5-29-15/h4-5,9,12H,1-3H2,(H2,16,18)(H,19,22)(H,24,25)/t9?,12-/m0/s1. The molecule has 2 aromatic heterocycles. The Labute approximate surface area is 181 Å². The number of carboxylic acids is 1. The van der Waals surface area contributed by atoms with E-state index in [1.54, 1.807) is 10.9 Å². The highest BCUT2D eigenvalue weighted by Crippen LogP contribution is 2.41. The summed E-state index contributed by atoms with van der Waals surface area (Å²) in [6.07, 6.45) is 0.0141. The minimum absolute atomic E-state index is 0.00598. The molecule has 2 aliphatic heterocycles. The molecule has 0 radical (unpaired) electrons. The number of nitrogen functional groups attached to an aromatic ring is 1. The van der Waals surface area contributed by atoms with Crippen molar-refractivity contribution in [3.63, 3.8) is 0 Å². The first kappa shape index (κ1) is 20.1. The van der Waals surface area contributed by atoms with Crippen molar-refractivity contribution in [1.82, 2.24) is 25.4 Å². The molecule has 4 N–H and O–H groups in total. The lowest BCUT2D eigenvalue weighted by molar-refractivity contribution is -0.150. The number of β-lactam (4-membered cyclic amide) rings is 1. The predicted octanol–water partition coefficient (Wildman–Crippen LogP) is 0.650. The number of carbonyl (C=O) groups excluding carboxylic acids is 2. The average Bonchev–Trinajstić information content (AvgIpc) is 3.35. The van der Waals surface area contributed by atoms with Gasteiger partial charge in [0.15, 0.2) is 9.47 Å². The predicted molar refractivity (Wildman–Crippen MR) is 111 cm³/mol. The van der Waals surface area contributed by atoms with Crippen molar-refractivity contribution in [3.8, 4) is 0 Å². The molecule has 0 aromatic carbocycles. The number of anilines is 1. The van der Waals surface area contributed by atoms with Crippen LogP contribution in [0.2, 0.25) is 0 Å². The van der Waals surface area contributed by atoms with E-state index in [1.165, 1.54) is 51.1 Å². The molecule has 1 unspecified atom stereocenters. The molecule has 4 heterocycles. The first-order valence-electron chi connectivity index (χ1n) is 8.22. The van der Waals surface area contributed by atoms with Gasteiger partial charge in [0.2, 0.25) is 5.91 Å². The number of rotatable bonds is 7. The molecule has 4 rings (SSSR count). The van der Waals surface area contributed by atoms with E-state index < -0.39 is 23.3 Å². The second-order valence-corrected chi connectivity index (χ2v) is 10.1. The van der Waals surface area contributed by atoms with Crippen LogP contribution in [-0.4, -0.2) is 65.9 Å². The normalized spacial score (nSPS) is 21.0. The van der Waals surface area contributed by atoms with E-state index >= 15 is 0 Å². The number of fused-ring (bicyclic) bond motifs is 1. The third-order valence-electron chi connectivity index (χ3n) is 4.19. The van der Waals surface area contributed by atoms with Gasteiger partial charge in [0.05, 0.1) is 12.1 Å². The summed E-state index contributed by atoms with van der Waals surface area (Å²) in [5.74, 6) is -1.07. The number of thioether (sulfide) groups is 2. The maximum absolute atomic E-state index is 12.6. The van der Waals surface area contributed by atoms with Crippen LogP contribution >= 0.6 is 46.2 Å². The summed E-state index contributed by atoms with van der Waals surface area (Å²) in [5, 5.41) is 21.7. The summed E-state index contributed by atoms with van der Waals surface area (Å²) in [6.45, 7) is 0. The van der Waals surface area contributed by atoms with E-state index in [2.05, 4.69) is 20.5 Å². The molecule has 152 valence electrons. The van der Waals surface area contributed by atoms with Crippen molar-refractivity contribution < 1.29 is 19.5 Å². The Hall–Kier alpha value is -2.16. The van der Waals surface area contributed by atoms with Gasteiger partial charge in [-0.1, -0.05) is 23.1 Å². The van der Waals surface area contributed by atoms with Gasteiger partial charge in [-0.15, -0.1) is 33.3 Å². The molecule has 0 aliphatic carbocycles. The Kier molecular flexibility index (Phi) is 5.76. The van der Waals surface area contributed by atoms with E-state index in [4.69, 9.17) is 5.73 Å². The topological polar surface area (TPSA) is 151 Å². The van der Waals surface area contributed by atoms with E-state index in [0.29, 0.717) is 27.9 Å². The fourth-order valence-corrected chi connectivity index (χ4v) is 6.50. The van der Waals surface area contributed by atoms with Crippen molar-refractivity contribution in [1.29, 1.82) is 0 Å². The van der Waals surface area contributed by atoms with Crippen molar-refractivity contribution in [2.75, 3.05) is 17.2 Å². The largest absolute Gasteiger partial charge is 0.477 e. The van der Waals surface area contributed by atoms with Gasteiger partial charge in [0.1, 0.15) is 22.6 Å². The van der Waals surface area contributed by atoms with E-state index in [-0.39, 0.29) is 18.0 Å². The summed E-state index contributed by atoms with van der Waals surface area (Å²) < 4.78 is 0.733. The van der Waals surface area contributed by atoms with Crippen LogP contribution < -0.4 is 11.1 Å². The molecular formula is C15H14N6O4S4. The summed E-state index contributed by atoms with van der Waals surface area (Å²) in [4.78, 5) is 42.0. The highest BCUT2D eigenvalue weighted by molar-refractivity contribution is 8.01. The molecule has 0 spiro atoms. The van der Waals surface area contributed by atoms with E-state index in [9.17, 15) is 19.5 Å². The van der Waals surface area contributed by atoms with Crippen LogP contribution in [0.25, 0.3) is 0 Å². The minimum Gasteiger partial charge on any atom is -0.477 e. The molecular weight excluding hydrogens is 456 g/mol. The van der Waals surface area contributed by atoms with Gasteiger partial charge >= 0.3 is 5.97 Å². The Balaban J connectivity index is 1.43. The highest BCUT2D eigenvalue weighted by Gasteiger charge is 2.54. The Morgan fingerprint density at radius 3 is 2.90 bits per heavy atom. The van der Waals surface area contributed by atoms with Crippen LogP contribution in [0.1, 0.15) is 5.69 Å². The number of nitrogens with two attached hydrogens (primary N) is 1. The molecule has 14 heteroatoms. The Morgan fingerprint density at radius 2 is 2.24 bits per heavy atom. The smallest absolute Gasteiger partial charge is 0.352 e. The SMILES string of the molecule is Nc1nc(CC(=O)NC2C(=O)N3C(C(=O)O)=C(CSc4nncs4)CS[C@@H]23)cs1. The zero-order chi connectivity index (χ0) is 20.5. The Bertz CT molecular complexity index is 991. The number of aliphatic carboxylic acids is 1. The van der Waals surface area contributed by atoms with E-state index in [0.717, 1.165) is 4.34 Å². The fraction of sp³-hybridized carbons (Fsp3) is 0.333. The molecule has 2 amide bonds. The van der Waals surface area contributed by atoms with Gasteiger partial charge in [-0.25, -0.2) is 9.78 Å². The van der Waals surface area contributed by atoms with E-state index in [1.807, 2.05) is 0 Å². The highest BCUT2D eigenvalue weighted by atomic mass is 32.2. The van der Waals surface area contributed by atoms with Gasteiger partial charge in [-0.3, -0.25) is 14.5 Å². The minimum atomic E-state index is -1.15. The van der Waals surface area contributed by atoms with Crippen LogP contribution in [-0.2, 0) is 20.8 Å². The first-order chi connectivity index (χ1) is 13.9. The molecule has 10 nitrogen and oxygen atoms in total. The monoisotopic (exact) mass is 470 g/mol. The number of carboxylic acid groups (broad SMARTS) is 1. The lowest BCUT2D eigenvalue weighted by Gasteiger charge is -2.49. The van der Waals surface area contributed by atoms with Crippen LogP contribution in [0.3, 0.4) is 0 Å².